The van der Waals surface area contributed by atoms with Crippen LogP contribution in [0.1, 0.15) is 0 Å². The van der Waals surface area contributed by atoms with E-state index in [9.17, 15) is 4.57 Å². The van der Waals surface area contributed by atoms with Crippen LogP contribution in [0.3, 0.4) is 0 Å². The van der Waals surface area contributed by atoms with Crippen LogP contribution in [0.2, 0.25) is 0 Å². The number of rotatable bonds is 4. The zero-order valence-corrected chi connectivity index (χ0v) is 12.2. The highest BCUT2D eigenvalue weighted by molar-refractivity contribution is 14.1. The lowest BCUT2D eigenvalue weighted by Crippen LogP contribution is -1.86. The van der Waals surface area contributed by atoms with Crippen molar-refractivity contribution in [1.82, 2.24) is 0 Å². The fraction of sp³-hybridized carbons (Fsp3) is 0. The maximum absolute atomic E-state index is 10.8. The Kier molecular flexibility index (Phi) is 4.52. The minimum atomic E-state index is -2.71. The molecule has 0 saturated carbocycles. The molecule has 0 aliphatic carbocycles. The van der Waals surface area contributed by atoms with E-state index in [1.165, 1.54) is 0 Å². The van der Waals surface area contributed by atoms with Crippen LogP contribution in [0.25, 0.3) is 11.1 Å². The highest BCUT2D eigenvalue weighted by atomic mass is 127. The third-order valence-electron chi connectivity index (χ3n) is 2.31. The monoisotopic (exact) mass is 375 g/mol. The molecule has 18 heavy (non-hydrogen) atoms. The van der Waals surface area contributed by atoms with Crippen LogP contribution in [0.4, 0.5) is 0 Å². The lowest BCUT2D eigenvalue weighted by molar-refractivity contribution is 0.406. The molecule has 1 N–H and O–H groups in total. The van der Waals surface area contributed by atoms with E-state index in [2.05, 4.69) is 0 Å². The van der Waals surface area contributed by atoms with Crippen LogP contribution in [0.5, 0.6) is 11.5 Å². The zero-order chi connectivity index (χ0) is 13.0. The number of benzene rings is 2. The van der Waals surface area contributed by atoms with Gasteiger partial charge in [-0.05, 0) is 23.3 Å². The van der Waals surface area contributed by atoms with Gasteiger partial charge in [0.25, 0.3) is 0 Å². The van der Waals surface area contributed by atoms with Gasteiger partial charge < -0.3 is 3.07 Å². The molecule has 0 aliphatic rings. The molecule has 4 nitrogen and oxygen atoms in total. The molecule has 1 unspecified atom stereocenters. The predicted molar refractivity (Wildman–Crippen MR) is 77.0 cm³/mol. The van der Waals surface area contributed by atoms with E-state index in [0.29, 0.717) is 5.75 Å². The lowest BCUT2D eigenvalue weighted by atomic mass is 10.1. The van der Waals surface area contributed by atoms with Gasteiger partial charge in [-0.3, -0.25) is 0 Å². The van der Waals surface area contributed by atoms with E-state index in [-0.39, 0.29) is 5.75 Å². The molecule has 0 bridgehead atoms. The first-order chi connectivity index (χ1) is 8.70. The van der Waals surface area contributed by atoms with Gasteiger partial charge in [0.1, 0.15) is 0 Å². The third-order valence-corrected chi connectivity index (χ3v) is 3.14. The van der Waals surface area contributed by atoms with Crippen molar-refractivity contribution < 1.29 is 17.0 Å². The summed E-state index contributed by atoms with van der Waals surface area (Å²) < 4.78 is 20.6. The van der Waals surface area contributed by atoms with Gasteiger partial charge in [-0.25, -0.2) is 4.52 Å². The third kappa shape index (κ3) is 3.19. The molecule has 0 amide bonds. The Morgan fingerprint density at radius 2 is 1.72 bits per heavy atom. The molecule has 0 aliphatic heterocycles. The van der Waals surface area contributed by atoms with Gasteiger partial charge in [-0.2, -0.15) is 0 Å². The summed E-state index contributed by atoms with van der Waals surface area (Å²) in [4.78, 5) is 8.82. The van der Waals surface area contributed by atoms with Gasteiger partial charge >= 0.3 is 8.25 Å². The summed E-state index contributed by atoms with van der Waals surface area (Å²) in [5.41, 5.74) is 1.88. The smallest absolute Gasteiger partial charge is 0.423 e. The summed E-state index contributed by atoms with van der Waals surface area (Å²) in [5.74, 6) is 0.655. The molecule has 1 atom stereocenters. The molecule has 0 spiro atoms. The second-order valence-corrected chi connectivity index (χ2v) is 4.53. The van der Waals surface area contributed by atoms with Crippen LogP contribution in [0, 0.1) is 0 Å². The molecule has 92 valence electrons. The van der Waals surface area contributed by atoms with E-state index in [0.717, 1.165) is 11.1 Å². The van der Waals surface area contributed by atoms with Crippen LogP contribution in [-0.2, 0) is 4.57 Å². The summed E-state index contributed by atoms with van der Waals surface area (Å²) in [6.07, 6.45) is 0. The van der Waals surface area contributed by atoms with E-state index < -0.39 is 8.25 Å². The molecular formula is C12H9IO4P+. The standard InChI is InChI=1S/C12H8IO4P/c13-16-11-7-6-10(8-12(11)17-18(14)15)9-4-2-1-3-5-9/h1-8H/p+1. The van der Waals surface area contributed by atoms with Crippen LogP contribution in [0.15, 0.2) is 48.5 Å². The Balaban J connectivity index is 2.42. The van der Waals surface area contributed by atoms with Crippen molar-refractivity contribution >= 4 is 31.3 Å². The van der Waals surface area contributed by atoms with Crippen LogP contribution < -0.4 is 7.59 Å². The second kappa shape index (κ2) is 6.13. The van der Waals surface area contributed by atoms with Crippen LogP contribution >= 0.6 is 31.3 Å². The Morgan fingerprint density at radius 3 is 2.33 bits per heavy atom. The van der Waals surface area contributed by atoms with Crippen LogP contribution in [-0.4, -0.2) is 4.89 Å². The Bertz CT molecular complexity index is 559. The van der Waals surface area contributed by atoms with Crippen molar-refractivity contribution in [3.63, 3.8) is 0 Å². The molecule has 2 aromatic rings. The summed E-state index contributed by atoms with van der Waals surface area (Å²) in [7, 11) is -2.71. The fourth-order valence-corrected chi connectivity index (χ4v) is 2.21. The first-order valence-electron chi connectivity index (χ1n) is 5.03. The topological polar surface area (TPSA) is 55.8 Å². The van der Waals surface area contributed by atoms with Crippen molar-refractivity contribution in [2.24, 2.45) is 0 Å². The molecule has 2 aromatic carbocycles. The summed E-state index contributed by atoms with van der Waals surface area (Å²) >= 11 is 1.70. The Morgan fingerprint density at radius 1 is 1.00 bits per heavy atom. The van der Waals surface area contributed by atoms with Gasteiger partial charge in [0.15, 0.2) is 28.8 Å². The summed E-state index contributed by atoms with van der Waals surface area (Å²) in [6, 6.07) is 14.9. The average molecular weight is 375 g/mol. The summed E-state index contributed by atoms with van der Waals surface area (Å²) in [5, 5.41) is 0. The van der Waals surface area contributed by atoms with E-state index in [1.54, 1.807) is 35.1 Å². The first kappa shape index (κ1) is 13.3. The molecule has 6 heteroatoms. The number of hydrogen-bond acceptors (Lipinski definition) is 3. The van der Waals surface area contributed by atoms with Gasteiger partial charge in [0, 0.05) is 4.57 Å². The van der Waals surface area contributed by atoms with Gasteiger partial charge in [0.05, 0.1) is 0 Å². The van der Waals surface area contributed by atoms with Crippen molar-refractivity contribution in [2.75, 3.05) is 0 Å². The SMILES string of the molecule is O=[P+](O)Oc1cc(-c2ccccc2)ccc1OI. The van der Waals surface area contributed by atoms with Gasteiger partial charge in [0.2, 0.25) is 5.75 Å². The molecule has 0 aromatic heterocycles. The number of halogens is 1. The fourth-order valence-electron chi connectivity index (χ4n) is 1.54. The minimum Gasteiger partial charge on any atom is -0.423 e. The Hall–Kier alpha value is -1.17. The molecule has 0 heterocycles. The molecule has 0 fully saturated rings. The quantitative estimate of drug-likeness (QED) is 0.646. The Labute approximate surface area is 119 Å². The average Bonchev–Trinajstić information content (AvgIpc) is 2.39. The normalized spacial score (nSPS) is 10.9. The molecule has 2 rings (SSSR count). The lowest BCUT2D eigenvalue weighted by Gasteiger charge is -2.05. The molecular weight excluding hydrogens is 366 g/mol. The predicted octanol–water partition coefficient (Wildman–Crippen LogP) is 4.11. The van der Waals surface area contributed by atoms with Gasteiger partial charge in [-0.1, -0.05) is 36.4 Å². The second-order valence-electron chi connectivity index (χ2n) is 3.43. The highest BCUT2D eigenvalue weighted by Gasteiger charge is 2.19. The first-order valence-corrected chi connectivity index (χ1v) is 7.04. The molecule has 0 saturated heterocycles. The maximum atomic E-state index is 10.8. The van der Waals surface area contributed by atoms with E-state index in [1.807, 2.05) is 36.4 Å². The molecule has 0 radical (unpaired) electrons. The highest BCUT2D eigenvalue weighted by Crippen LogP contribution is 2.37. The van der Waals surface area contributed by atoms with Crippen molar-refractivity contribution in [2.45, 2.75) is 0 Å². The van der Waals surface area contributed by atoms with Crippen molar-refractivity contribution in [3.05, 3.63) is 48.5 Å². The van der Waals surface area contributed by atoms with Crippen molar-refractivity contribution in [1.29, 1.82) is 0 Å². The van der Waals surface area contributed by atoms with E-state index >= 15 is 0 Å². The number of hydrogen-bond donors (Lipinski definition) is 1. The zero-order valence-electron chi connectivity index (χ0n) is 9.12. The maximum Gasteiger partial charge on any atom is 0.747 e. The summed E-state index contributed by atoms with van der Waals surface area (Å²) in [6.45, 7) is 0. The van der Waals surface area contributed by atoms with Crippen molar-refractivity contribution in [3.8, 4) is 22.6 Å². The van der Waals surface area contributed by atoms with Gasteiger partial charge in [-0.15, -0.1) is 4.89 Å². The largest absolute Gasteiger partial charge is 0.747 e. The van der Waals surface area contributed by atoms with E-state index in [4.69, 9.17) is 12.5 Å². The minimum absolute atomic E-state index is 0.245.